The lowest BCUT2D eigenvalue weighted by molar-refractivity contribution is 0.113. The van der Waals surface area contributed by atoms with Gasteiger partial charge in [0.25, 0.3) is 0 Å². The van der Waals surface area contributed by atoms with E-state index in [1.807, 2.05) is 13.8 Å². The lowest BCUT2D eigenvalue weighted by atomic mass is 9.94. The maximum Gasteiger partial charge on any atom is 0.202 e. The first-order valence-corrected chi connectivity index (χ1v) is 5.86. The molecule has 0 radical (unpaired) electrons. The van der Waals surface area contributed by atoms with Crippen LogP contribution in [0.1, 0.15) is 13.8 Å². The van der Waals surface area contributed by atoms with Crippen molar-refractivity contribution in [3.63, 3.8) is 0 Å². The summed E-state index contributed by atoms with van der Waals surface area (Å²) in [5.74, 6) is 2.61. The van der Waals surface area contributed by atoms with E-state index in [0.717, 1.165) is 0 Å². The van der Waals surface area contributed by atoms with Crippen LogP contribution < -0.4 is 0 Å². The molecule has 2 unspecified atom stereocenters. The van der Waals surface area contributed by atoms with Gasteiger partial charge in [-0.25, -0.2) is 0 Å². The van der Waals surface area contributed by atoms with Crippen molar-refractivity contribution in [2.75, 3.05) is 12.8 Å². The Hall–Kier alpha value is -0.250. The molecule has 0 bridgehead atoms. The van der Waals surface area contributed by atoms with Gasteiger partial charge < -0.3 is 4.52 Å². The molecule has 0 aromatic rings. The van der Waals surface area contributed by atoms with Gasteiger partial charge in [-0.05, 0) is 13.8 Å². The number of hydrogen-bond donors (Lipinski definition) is 0. The number of rotatable bonds is 0. The van der Waals surface area contributed by atoms with Crippen molar-refractivity contribution in [3.05, 3.63) is 0 Å². The molecule has 0 aromatic heterocycles. The van der Waals surface area contributed by atoms with Gasteiger partial charge in [-0.3, -0.25) is 4.57 Å². The van der Waals surface area contributed by atoms with Gasteiger partial charge >= 0.3 is 0 Å². The molecule has 0 aromatic carbocycles. The molecule has 2 nitrogen and oxygen atoms in total. The average Bonchev–Trinajstić information content (AvgIpc) is 1.99. The van der Waals surface area contributed by atoms with Gasteiger partial charge in [0.1, 0.15) is 0 Å². The van der Waals surface area contributed by atoms with Crippen molar-refractivity contribution in [1.82, 2.24) is 0 Å². The van der Waals surface area contributed by atoms with E-state index in [1.54, 1.807) is 6.66 Å². The zero-order valence-electron chi connectivity index (χ0n) is 7.13. The highest BCUT2D eigenvalue weighted by atomic mass is 31.2. The first-order valence-electron chi connectivity index (χ1n) is 3.61. The predicted molar refractivity (Wildman–Crippen MR) is 45.9 cm³/mol. The molecule has 1 aliphatic rings. The van der Waals surface area contributed by atoms with Gasteiger partial charge in [0, 0.05) is 12.8 Å². The molecule has 62 valence electrons. The summed E-state index contributed by atoms with van der Waals surface area (Å²) in [7, 11) is -2.38. The lowest BCUT2D eigenvalue weighted by Crippen LogP contribution is -2.26. The van der Waals surface area contributed by atoms with Crippen molar-refractivity contribution in [2.24, 2.45) is 5.92 Å². The zero-order chi connectivity index (χ0) is 8.70. The van der Waals surface area contributed by atoms with Crippen LogP contribution >= 0.6 is 7.37 Å². The van der Waals surface area contributed by atoms with Gasteiger partial charge in [0.05, 0.1) is 11.5 Å². The minimum Gasteiger partial charge on any atom is -0.321 e. The topological polar surface area (TPSA) is 26.3 Å². The van der Waals surface area contributed by atoms with E-state index in [4.69, 9.17) is 10.9 Å². The van der Waals surface area contributed by atoms with Crippen LogP contribution in [-0.2, 0) is 9.09 Å². The average molecular weight is 172 g/mol. The monoisotopic (exact) mass is 172 g/mol. The van der Waals surface area contributed by atoms with Gasteiger partial charge in [-0.2, -0.15) is 0 Å². The molecule has 1 saturated heterocycles. The second kappa shape index (κ2) is 2.37. The number of terminal acetylenes is 1. The van der Waals surface area contributed by atoms with E-state index in [0.29, 0.717) is 6.16 Å². The molecular weight excluding hydrogens is 159 g/mol. The van der Waals surface area contributed by atoms with E-state index < -0.39 is 13.0 Å². The SMILES string of the molecule is C#CC1CP(C)(=O)OC1(C)C. The highest BCUT2D eigenvalue weighted by Gasteiger charge is 2.44. The second-order valence-electron chi connectivity index (χ2n) is 3.61. The van der Waals surface area contributed by atoms with Crippen LogP contribution in [0.3, 0.4) is 0 Å². The van der Waals surface area contributed by atoms with Crippen LogP contribution in [0.5, 0.6) is 0 Å². The van der Waals surface area contributed by atoms with Gasteiger partial charge in [0.2, 0.25) is 7.37 Å². The van der Waals surface area contributed by atoms with Crippen LogP contribution in [0.2, 0.25) is 0 Å². The van der Waals surface area contributed by atoms with Crippen LogP contribution in [-0.4, -0.2) is 18.4 Å². The molecule has 1 rings (SSSR count). The van der Waals surface area contributed by atoms with Crippen LogP contribution in [0, 0.1) is 18.3 Å². The van der Waals surface area contributed by atoms with Crippen molar-refractivity contribution >= 4 is 7.37 Å². The standard InChI is InChI=1S/C8H13O2P/c1-5-7-6-11(4,9)10-8(7,2)3/h1,7H,6H2,2-4H3. The summed E-state index contributed by atoms with van der Waals surface area (Å²) in [6, 6.07) is 0. The summed E-state index contributed by atoms with van der Waals surface area (Å²) in [5.41, 5.74) is -0.404. The Kier molecular flexibility index (Phi) is 1.90. The maximum atomic E-state index is 11.5. The quantitative estimate of drug-likeness (QED) is 0.412. The molecule has 0 spiro atoms. The van der Waals surface area contributed by atoms with Crippen LogP contribution in [0.25, 0.3) is 0 Å². The molecular formula is C8H13O2P. The fourth-order valence-electron chi connectivity index (χ4n) is 1.40. The summed E-state index contributed by atoms with van der Waals surface area (Å²) in [5, 5.41) is 0. The summed E-state index contributed by atoms with van der Waals surface area (Å²) in [6.07, 6.45) is 5.80. The summed E-state index contributed by atoms with van der Waals surface area (Å²) in [6.45, 7) is 5.42. The molecule has 1 aliphatic heterocycles. The van der Waals surface area contributed by atoms with Crippen LogP contribution in [0.15, 0.2) is 0 Å². The summed E-state index contributed by atoms with van der Waals surface area (Å²) < 4.78 is 16.8. The molecule has 3 heteroatoms. The zero-order valence-corrected chi connectivity index (χ0v) is 8.02. The fraction of sp³-hybridized carbons (Fsp3) is 0.750. The van der Waals surface area contributed by atoms with E-state index in [1.165, 1.54) is 0 Å². The van der Waals surface area contributed by atoms with Crippen molar-refractivity contribution < 1.29 is 9.09 Å². The molecule has 0 amide bonds. The van der Waals surface area contributed by atoms with E-state index in [2.05, 4.69) is 5.92 Å². The molecule has 0 N–H and O–H groups in total. The Labute approximate surface area is 67.8 Å². The third-order valence-electron chi connectivity index (χ3n) is 1.98. The smallest absolute Gasteiger partial charge is 0.202 e. The Balaban J connectivity index is 2.90. The van der Waals surface area contributed by atoms with E-state index in [-0.39, 0.29) is 5.92 Å². The van der Waals surface area contributed by atoms with Gasteiger partial charge in [-0.1, -0.05) is 5.92 Å². The largest absolute Gasteiger partial charge is 0.321 e. The Morgan fingerprint density at radius 3 is 2.45 bits per heavy atom. The van der Waals surface area contributed by atoms with Crippen molar-refractivity contribution in [3.8, 4) is 12.3 Å². The van der Waals surface area contributed by atoms with Gasteiger partial charge in [0.15, 0.2) is 0 Å². The minimum absolute atomic E-state index is 0.00154. The highest BCUT2D eigenvalue weighted by molar-refractivity contribution is 7.58. The normalized spacial score (nSPS) is 41.8. The Morgan fingerprint density at radius 1 is 1.73 bits per heavy atom. The predicted octanol–water partition coefficient (Wildman–Crippen LogP) is 1.95. The van der Waals surface area contributed by atoms with Crippen molar-refractivity contribution in [2.45, 2.75) is 19.4 Å². The van der Waals surface area contributed by atoms with E-state index >= 15 is 0 Å². The first-order chi connectivity index (χ1) is 4.87. The first kappa shape index (κ1) is 8.84. The Morgan fingerprint density at radius 2 is 2.27 bits per heavy atom. The summed E-state index contributed by atoms with van der Waals surface area (Å²) in [4.78, 5) is 0. The highest BCUT2D eigenvalue weighted by Crippen LogP contribution is 2.57. The third kappa shape index (κ3) is 1.67. The van der Waals surface area contributed by atoms with E-state index in [9.17, 15) is 4.57 Å². The Bertz CT molecular complexity index is 249. The van der Waals surface area contributed by atoms with Crippen molar-refractivity contribution in [1.29, 1.82) is 0 Å². The van der Waals surface area contributed by atoms with Gasteiger partial charge in [-0.15, -0.1) is 6.42 Å². The molecule has 1 fully saturated rings. The maximum absolute atomic E-state index is 11.5. The third-order valence-corrected chi connectivity index (χ3v) is 3.87. The summed E-state index contributed by atoms with van der Waals surface area (Å²) >= 11 is 0. The molecule has 11 heavy (non-hydrogen) atoms. The molecule has 0 saturated carbocycles. The van der Waals surface area contributed by atoms with Crippen LogP contribution in [0.4, 0.5) is 0 Å². The molecule has 1 heterocycles. The molecule has 0 aliphatic carbocycles. The molecule has 2 atom stereocenters. The number of hydrogen-bond acceptors (Lipinski definition) is 2. The second-order valence-corrected chi connectivity index (χ2v) is 6.19. The lowest BCUT2D eigenvalue weighted by Gasteiger charge is -2.20. The fourth-order valence-corrected chi connectivity index (χ4v) is 3.81. The minimum atomic E-state index is -2.38.